The van der Waals surface area contributed by atoms with Crippen molar-refractivity contribution in [2.24, 2.45) is 0 Å². The molecule has 0 fully saturated rings. The number of hydrogen-bond acceptors (Lipinski definition) is 1. The minimum absolute atomic E-state index is 0. The Morgan fingerprint density at radius 2 is 1.38 bits per heavy atom. The Labute approximate surface area is 99.6 Å². The van der Waals surface area contributed by atoms with Crippen molar-refractivity contribution in [2.75, 3.05) is 0 Å². The van der Waals surface area contributed by atoms with Gasteiger partial charge in [-0.2, -0.15) is 0 Å². The fraction of sp³-hybridized carbons (Fsp3) is 0.333. The van der Waals surface area contributed by atoms with Crippen molar-refractivity contribution < 1.29 is 37.5 Å². The van der Waals surface area contributed by atoms with E-state index in [0.29, 0.717) is 0 Å². The average Bonchev–Trinajstić information content (AvgIpc) is 1.35. The van der Waals surface area contributed by atoms with Crippen molar-refractivity contribution in [3.8, 4) is 0 Å². The normalized spacial score (nSPS) is 8.38. The molecule has 0 aliphatic carbocycles. The third-order valence-corrected chi connectivity index (χ3v) is 0.601. The zero-order valence-corrected chi connectivity index (χ0v) is 11.7. The van der Waals surface area contributed by atoms with Gasteiger partial charge in [-0.25, -0.2) is 6.29 Å². The number of rotatable bonds is 0. The van der Waals surface area contributed by atoms with Crippen LogP contribution in [0.3, 0.4) is 0 Å². The van der Waals surface area contributed by atoms with Crippen molar-refractivity contribution in [3.05, 3.63) is 7.43 Å². The molecule has 0 spiro atoms. The average molecular weight is 384 g/mol. The molecule has 44 valence electrons. The number of alkyl halides is 3. The second-order valence-electron chi connectivity index (χ2n) is 0.600. The van der Waals surface area contributed by atoms with Crippen molar-refractivity contribution in [2.45, 2.75) is 2.14 Å². The maximum Gasteiger partial charge on any atom is 3.00 e. The molecule has 1 nitrogen and oxygen atoms in total. The first-order chi connectivity index (χ1) is 2.56. The van der Waals surface area contributed by atoms with E-state index in [9.17, 15) is 4.79 Å². The summed E-state index contributed by atoms with van der Waals surface area (Å²) < 4.78 is -0.826. The summed E-state index contributed by atoms with van der Waals surface area (Å²) in [5.74, 6) is 0. The maximum atomic E-state index is 9.56. The quantitative estimate of drug-likeness (QED) is 0.464. The summed E-state index contributed by atoms with van der Waals surface area (Å²) in [7, 11) is 0. The van der Waals surface area contributed by atoms with E-state index in [0.717, 1.165) is 0 Å². The van der Waals surface area contributed by atoms with Gasteiger partial charge < -0.3 is 12.2 Å². The molecule has 0 aromatic rings. The zero-order valence-electron chi connectivity index (χ0n) is 4.12. The van der Waals surface area contributed by atoms with Gasteiger partial charge in [0.2, 0.25) is 0 Å². The third kappa shape index (κ3) is 15.7. The SMILES string of the molecule is O=[C-]C(Br)(Br)Br.[CH3-].[Y+3]. The fourth-order valence-electron chi connectivity index (χ4n) is 0. The Hall–Kier alpha value is 2.21. The van der Waals surface area contributed by atoms with Gasteiger partial charge in [0.25, 0.3) is 0 Å². The monoisotopic (exact) mass is 381 g/mol. The van der Waals surface area contributed by atoms with Crippen LogP contribution >= 0.6 is 47.8 Å². The summed E-state index contributed by atoms with van der Waals surface area (Å²) in [4.78, 5) is 9.56. The second-order valence-corrected chi connectivity index (χ2v) is 7.36. The molecule has 0 saturated heterocycles. The predicted molar refractivity (Wildman–Crippen MR) is 41.6 cm³/mol. The summed E-state index contributed by atoms with van der Waals surface area (Å²) in [5.41, 5.74) is 0. The molecule has 0 heterocycles. The smallest absolute Gasteiger partial charge is 0.539 e. The molecule has 0 aromatic carbocycles. The molecule has 0 N–H and O–H groups in total. The summed E-state index contributed by atoms with van der Waals surface area (Å²) in [6.45, 7) is 0. The van der Waals surface area contributed by atoms with Crippen molar-refractivity contribution >= 4 is 54.1 Å². The molecule has 0 atom stereocenters. The van der Waals surface area contributed by atoms with Crippen LogP contribution in [0.2, 0.25) is 0 Å². The Kier molecular flexibility index (Phi) is 15.3. The number of halogens is 3. The van der Waals surface area contributed by atoms with Crippen LogP contribution in [-0.4, -0.2) is 8.43 Å². The number of hydrogen-bond donors (Lipinski definition) is 0. The van der Waals surface area contributed by atoms with E-state index in [4.69, 9.17) is 0 Å². The predicted octanol–water partition coefficient (Wildman–Crippen LogP) is 2.38. The first kappa shape index (κ1) is 16.7. The summed E-state index contributed by atoms with van der Waals surface area (Å²) >= 11 is 8.66. The van der Waals surface area contributed by atoms with Crippen LogP contribution in [0, 0.1) is 7.43 Å². The summed E-state index contributed by atoms with van der Waals surface area (Å²) in [6.07, 6.45) is 1.60. The van der Waals surface area contributed by atoms with Gasteiger partial charge in [-0.1, -0.05) is 47.8 Å². The summed E-state index contributed by atoms with van der Waals surface area (Å²) in [6, 6.07) is 0. The molecular weight excluding hydrogens is 381 g/mol. The van der Waals surface area contributed by atoms with E-state index in [2.05, 4.69) is 47.8 Å². The Balaban J connectivity index is -0.000000125. The van der Waals surface area contributed by atoms with Crippen LogP contribution in [0.5, 0.6) is 0 Å². The van der Waals surface area contributed by atoms with Crippen molar-refractivity contribution in [1.82, 2.24) is 0 Å². The molecule has 0 amide bonds. The Morgan fingerprint density at radius 1 is 1.25 bits per heavy atom. The van der Waals surface area contributed by atoms with Gasteiger partial charge in [0.05, 0.1) is 0 Å². The molecule has 0 rings (SSSR count). The standard InChI is InChI=1S/C2Br3O.CH3.Y/c3-2(4,5)1-6;;/h;1H3;/q2*-1;+3. The van der Waals surface area contributed by atoms with Gasteiger partial charge >= 0.3 is 32.7 Å². The largest absolute Gasteiger partial charge is 3.00 e. The molecule has 0 radical (unpaired) electrons. The minimum atomic E-state index is -0.826. The van der Waals surface area contributed by atoms with Gasteiger partial charge in [0.1, 0.15) is 0 Å². The van der Waals surface area contributed by atoms with Gasteiger partial charge in [-0.15, -0.1) is 0 Å². The van der Waals surface area contributed by atoms with Crippen LogP contribution < -0.4 is 0 Å². The molecule has 5 heteroatoms. The van der Waals surface area contributed by atoms with Crippen LogP contribution in [0.15, 0.2) is 0 Å². The molecule has 0 aliphatic rings. The van der Waals surface area contributed by atoms with Crippen LogP contribution in [0.1, 0.15) is 0 Å². The summed E-state index contributed by atoms with van der Waals surface area (Å²) in [5, 5.41) is 0. The molecular formula is C3H3Br3OY+. The minimum Gasteiger partial charge on any atom is -0.539 e. The van der Waals surface area contributed by atoms with E-state index in [-0.39, 0.29) is 40.1 Å². The molecule has 0 saturated carbocycles. The first-order valence-electron chi connectivity index (χ1n) is 1.02. The maximum absolute atomic E-state index is 9.56. The number of carbonyl (C=O) groups excluding carboxylic acids is 1. The van der Waals surface area contributed by atoms with Gasteiger partial charge in [0.15, 0.2) is 0 Å². The van der Waals surface area contributed by atoms with E-state index in [1.54, 1.807) is 6.29 Å². The van der Waals surface area contributed by atoms with Crippen LogP contribution in [-0.2, 0) is 37.5 Å². The molecule has 0 bridgehead atoms. The Morgan fingerprint density at radius 3 is 1.38 bits per heavy atom. The second kappa shape index (κ2) is 7.32. The third-order valence-electron chi connectivity index (χ3n) is 0.116. The van der Waals surface area contributed by atoms with E-state index in [1.165, 1.54) is 0 Å². The van der Waals surface area contributed by atoms with Gasteiger partial charge in [-0.05, 0) is 0 Å². The first-order valence-corrected chi connectivity index (χ1v) is 3.40. The van der Waals surface area contributed by atoms with Gasteiger partial charge in [-0.3, -0.25) is 0 Å². The van der Waals surface area contributed by atoms with E-state index in [1.807, 2.05) is 0 Å². The molecule has 0 unspecified atom stereocenters. The van der Waals surface area contributed by atoms with E-state index < -0.39 is 2.14 Å². The molecule has 0 aromatic heterocycles. The molecule has 8 heavy (non-hydrogen) atoms. The topological polar surface area (TPSA) is 17.1 Å². The van der Waals surface area contributed by atoms with Gasteiger partial charge in [0, 0.05) is 2.14 Å². The van der Waals surface area contributed by atoms with E-state index >= 15 is 0 Å². The zero-order chi connectivity index (χ0) is 5.21. The Bertz CT molecular complexity index is 60.0. The van der Waals surface area contributed by atoms with Crippen LogP contribution in [0.25, 0.3) is 0 Å². The van der Waals surface area contributed by atoms with Crippen molar-refractivity contribution in [3.63, 3.8) is 0 Å². The van der Waals surface area contributed by atoms with Crippen LogP contribution in [0.4, 0.5) is 0 Å². The fourth-order valence-corrected chi connectivity index (χ4v) is 0. The molecule has 0 aliphatic heterocycles. The van der Waals surface area contributed by atoms with Crippen molar-refractivity contribution in [1.29, 1.82) is 0 Å².